The maximum absolute atomic E-state index is 12.7. The van der Waals surface area contributed by atoms with Gasteiger partial charge in [0.2, 0.25) is 0 Å². The highest BCUT2D eigenvalue weighted by Crippen LogP contribution is 2.39. The topological polar surface area (TPSA) is 45.3 Å². The number of para-hydroxylation sites is 1. The van der Waals surface area contributed by atoms with Crippen molar-refractivity contribution in [2.75, 3.05) is 11.5 Å². The van der Waals surface area contributed by atoms with Crippen molar-refractivity contribution < 1.29 is 9.53 Å². The first-order chi connectivity index (χ1) is 12.2. The van der Waals surface area contributed by atoms with Crippen LogP contribution in [0.25, 0.3) is 17.0 Å². The first-order valence-electron chi connectivity index (χ1n) is 8.50. The van der Waals surface area contributed by atoms with Gasteiger partial charge in [-0.3, -0.25) is 4.90 Å². The summed E-state index contributed by atoms with van der Waals surface area (Å²) in [5.74, 6) is 0. The minimum Gasteiger partial charge on any atom is -0.449 e. The Morgan fingerprint density at radius 2 is 2.08 bits per heavy atom. The van der Waals surface area contributed by atoms with E-state index >= 15 is 0 Å². The summed E-state index contributed by atoms with van der Waals surface area (Å²) in [6.07, 6.45) is 5.80. The molecule has 1 unspecified atom stereocenters. The molecule has 0 bridgehead atoms. The van der Waals surface area contributed by atoms with Gasteiger partial charge in [-0.2, -0.15) is 0 Å². The summed E-state index contributed by atoms with van der Waals surface area (Å²) in [4.78, 5) is 17.8. The average Bonchev–Trinajstić information content (AvgIpc) is 3.04. The summed E-state index contributed by atoms with van der Waals surface area (Å²) in [7, 11) is 0. The van der Waals surface area contributed by atoms with Crippen molar-refractivity contribution in [2.24, 2.45) is 0 Å². The number of hydrogen-bond acceptors (Lipinski definition) is 2. The highest BCUT2D eigenvalue weighted by atomic mass is 16.6. The van der Waals surface area contributed by atoms with Crippen molar-refractivity contribution >= 4 is 28.8 Å². The third kappa shape index (κ3) is 2.60. The summed E-state index contributed by atoms with van der Waals surface area (Å²) < 4.78 is 5.35. The standard InChI is InChI=1S/C21H20N2O2/c1-3-25-21(24)23-19-10-8-14(2)12-15(19)9-11-20(23)17-13-22-18-7-5-4-6-16(17)18/h4-13,20,22H,3H2,1-2H3. The molecule has 0 aliphatic carbocycles. The third-order valence-electron chi connectivity index (χ3n) is 4.58. The molecule has 0 saturated carbocycles. The summed E-state index contributed by atoms with van der Waals surface area (Å²) >= 11 is 0. The van der Waals surface area contributed by atoms with Crippen LogP contribution in [0.15, 0.2) is 54.7 Å². The van der Waals surface area contributed by atoms with E-state index in [1.807, 2.05) is 43.5 Å². The molecule has 2 heterocycles. The number of H-pyrrole nitrogens is 1. The number of aromatic nitrogens is 1. The second-order valence-electron chi connectivity index (χ2n) is 6.22. The molecule has 25 heavy (non-hydrogen) atoms. The molecule has 0 saturated heterocycles. The number of aryl methyl sites for hydroxylation is 1. The van der Waals surface area contributed by atoms with Gasteiger partial charge in [0.25, 0.3) is 0 Å². The fraction of sp³-hybridized carbons (Fsp3) is 0.190. The molecule has 1 atom stereocenters. The Labute approximate surface area is 146 Å². The first-order valence-corrected chi connectivity index (χ1v) is 8.50. The molecule has 0 radical (unpaired) electrons. The maximum Gasteiger partial charge on any atom is 0.415 e. The van der Waals surface area contributed by atoms with Crippen molar-refractivity contribution in [2.45, 2.75) is 19.9 Å². The predicted octanol–water partition coefficient (Wildman–Crippen LogP) is 5.21. The largest absolute Gasteiger partial charge is 0.449 e. The lowest BCUT2D eigenvalue weighted by Crippen LogP contribution is -2.36. The van der Waals surface area contributed by atoms with Crippen LogP contribution < -0.4 is 4.90 Å². The van der Waals surface area contributed by atoms with Crippen LogP contribution in [0.4, 0.5) is 10.5 Å². The van der Waals surface area contributed by atoms with Crippen LogP contribution in [-0.4, -0.2) is 17.7 Å². The quantitative estimate of drug-likeness (QED) is 0.700. The summed E-state index contributed by atoms with van der Waals surface area (Å²) in [5.41, 5.74) is 5.19. The van der Waals surface area contributed by atoms with Gasteiger partial charge in [-0.15, -0.1) is 0 Å². The number of amides is 1. The Balaban J connectivity index is 1.86. The molecule has 1 amide bonds. The van der Waals surface area contributed by atoms with E-state index < -0.39 is 0 Å². The number of fused-ring (bicyclic) bond motifs is 2. The van der Waals surface area contributed by atoms with Crippen LogP contribution in [0.2, 0.25) is 0 Å². The zero-order valence-electron chi connectivity index (χ0n) is 14.3. The predicted molar refractivity (Wildman–Crippen MR) is 101 cm³/mol. The zero-order chi connectivity index (χ0) is 17.4. The van der Waals surface area contributed by atoms with E-state index in [9.17, 15) is 4.79 Å². The Morgan fingerprint density at radius 3 is 2.92 bits per heavy atom. The summed E-state index contributed by atoms with van der Waals surface area (Å²) in [5, 5.41) is 1.11. The fourth-order valence-electron chi connectivity index (χ4n) is 3.44. The van der Waals surface area contributed by atoms with Crippen molar-refractivity contribution in [3.05, 3.63) is 71.4 Å². The molecular formula is C21H20N2O2. The third-order valence-corrected chi connectivity index (χ3v) is 4.58. The summed E-state index contributed by atoms with van der Waals surface area (Å²) in [6, 6.07) is 14.0. The molecule has 4 heteroatoms. The van der Waals surface area contributed by atoms with Crippen LogP contribution >= 0.6 is 0 Å². The molecular weight excluding hydrogens is 312 g/mol. The highest BCUT2D eigenvalue weighted by molar-refractivity contribution is 5.96. The first kappa shape index (κ1) is 15.5. The van der Waals surface area contributed by atoms with Gasteiger partial charge >= 0.3 is 6.09 Å². The molecule has 1 aromatic heterocycles. The number of hydrogen-bond donors (Lipinski definition) is 1. The number of carbonyl (C=O) groups excluding carboxylic acids is 1. The Kier molecular flexibility index (Phi) is 3.80. The second-order valence-corrected chi connectivity index (χ2v) is 6.22. The van der Waals surface area contributed by atoms with Crippen molar-refractivity contribution in [1.29, 1.82) is 0 Å². The fourth-order valence-corrected chi connectivity index (χ4v) is 3.44. The Bertz CT molecular complexity index is 971. The molecule has 1 aliphatic rings. The van der Waals surface area contributed by atoms with Crippen LogP contribution in [0.3, 0.4) is 0 Å². The van der Waals surface area contributed by atoms with Gasteiger partial charge in [-0.05, 0) is 37.6 Å². The van der Waals surface area contributed by atoms with Crippen molar-refractivity contribution in [3.63, 3.8) is 0 Å². The minimum absolute atomic E-state index is 0.203. The van der Waals surface area contributed by atoms with E-state index in [4.69, 9.17) is 4.74 Å². The number of nitrogens with one attached hydrogen (secondary N) is 1. The Morgan fingerprint density at radius 1 is 1.24 bits per heavy atom. The summed E-state index contributed by atoms with van der Waals surface area (Å²) in [6.45, 7) is 4.23. The second kappa shape index (κ2) is 6.13. The number of benzene rings is 2. The Hall–Kier alpha value is -3.01. The maximum atomic E-state index is 12.7. The minimum atomic E-state index is -0.327. The molecule has 3 aromatic rings. The smallest absolute Gasteiger partial charge is 0.415 e. The van der Waals surface area contributed by atoms with Gasteiger partial charge in [0.05, 0.1) is 18.3 Å². The van der Waals surface area contributed by atoms with Crippen LogP contribution in [0, 0.1) is 6.92 Å². The molecule has 0 spiro atoms. The number of rotatable bonds is 2. The van der Waals surface area contributed by atoms with E-state index in [1.54, 1.807) is 4.90 Å². The van der Waals surface area contributed by atoms with Gasteiger partial charge in [0.1, 0.15) is 0 Å². The molecule has 1 aliphatic heterocycles. The SMILES string of the molecule is CCOC(=O)N1c2ccc(C)cc2C=CC1c1c[nH]c2ccccc12. The lowest BCUT2D eigenvalue weighted by Gasteiger charge is -2.33. The van der Waals surface area contributed by atoms with Crippen LogP contribution in [-0.2, 0) is 4.74 Å². The number of nitrogens with zero attached hydrogens (tertiary/aromatic N) is 1. The lowest BCUT2D eigenvalue weighted by atomic mass is 9.96. The van der Waals surface area contributed by atoms with Crippen LogP contribution in [0.5, 0.6) is 0 Å². The van der Waals surface area contributed by atoms with Gasteiger partial charge in [-0.1, -0.05) is 42.0 Å². The zero-order valence-corrected chi connectivity index (χ0v) is 14.3. The molecule has 4 rings (SSSR count). The van der Waals surface area contributed by atoms with E-state index in [0.717, 1.165) is 33.3 Å². The van der Waals surface area contributed by atoms with Gasteiger partial charge in [0.15, 0.2) is 0 Å². The van der Waals surface area contributed by atoms with E-state index in [-0.39, 0.29) is 12.1 Å². The average molecular weight is 332 g/mol. The van der Waals surface area contributed by atoms with Gasteiger partial charge in [0, 0.05) is 22.7 Å². The molecule has 0 fully saturated rings. The van der Waals surface area contributed by atoms with Crippen molar-refractivity contribution in [1.82, 2.24) is 4.98 Å². The highest BCUT2D eigenvalue weighted by Gasteiger charge is 2.31. The number of ether oxygens (including phenoxy) is 1. The normalized spacial score (nSPS) is 16.1. The lowest BCUT2D eigenvalue weighted by molar-refractivity contribution is 0.158. The van der Waals surface area contributed by atoms with E-state index in [1.165, 1.54) is 0 Å². The van der Waals surface area contributed by atoms with Gasteiger partial charge in [-0.25, -0.2) is 4.79 Å². The van der Waals surface area contributed by atoms with E-state index in [2.05, 4.69) is 36.2 Å². The number of aromatic amines is 1. The van der Waals surface area contributed by atoms with E-state index in [0.29, 0.717) is 6.61 Å². The number of anilines is 1. The molecule has 4 nitrogen and oxygen atoms in total. The van der Waals surface area contributed by atoms with Gasteiger partial charge < -0.3 is 9.72 Å². The molecule has 2 aromatic carbocycles. The molecule has 1 N–H and O–H groups in total. The van der Waals surface area contributed by atoms with Crippen molar-refractivity contribution in [3.8, 4) is 0 Å². The monoisotopic (exact) mass is 332 g/mol. The molecule has 126 valence electrons. The van der Waals surface area contributed by atoms with Crippen LogP contribution in [0.1, 0.15) is 29.7 Å². The number of carbonyl (C=O) groups is 1.